The van der Waals surface area contributed by atoms with Gasteiger partial charge in [0.25, 0.3) is 0 Å². The fourth-order valence-corrected chi connectivity index (χ4v) is 2.55. The summed E-state index contributed by atoms with van der Waals surface area (Å²) in [7, 11) is 0. The van der Waals surface area contributed by atoms with Crippen molar-refractivity contribution in [2.75, 3.05) is 0 Å². The third kappa shape index (κ3) is 2.10. The molecule has 5 heteroatoms. The number of carbonyl (C=O) groups is 1. The van der Waals surface area contributed by atoms with Gasteiger partial charge in [0.15, 0.2) is 5.78 Å². The molecule has 0 aliphatic carbocycles. The molecule has 1 aromatic heterocycles. The van der Waals surface area contributed by atoms with Crippen molar-refractivity contribution >= 4 is 32.7 Å². The van der Waals surface area contributed by atoms with Gasteiger partial charge in [0.05, 0.1) is 11.0 Å². The molecule has 0 unspecified atom stereocenters. The maximum atomic E-state index is 12.5. The molecule has 0 atom stereocenters. The van der Waals surface area contributed by atoms with Crippen LogP contribution in [0.5, 0.6) is 0 Å². The van der Waals surface area contributed by atoms with Gasteiger partial charge in [-0.1, -0.05) is 28.1 Å². The Morgan fingerprint density at radius 1 is 1.10 bits per heavy atom. The van der Waals surface area contributed by atoms with E-state index in [1.807, 2.05) is 19.1 Å². The maximum Gasteiger partial charge on any atom is 0.323 e. The number of halogens is 1. The molecule has 0 saturated carbocycles. The first-order valence-electron chi connectivity index (χ1n) is 6.08. The minimum atomic E-state index is -0.275. The minimum Gasteiger partial charge on any atom is -0.306 e. The fraction of sp³-hybridized carbons (Fsp3) is 0.0667. The number of benzene rings is 2. The first-order chi connectivity index (χ1) is 9.56. The molecular weight excluding hydrogens is 320 g/mol. The second-order valence-electron chi connectivity index (χ2n) is 4.58. The lowest BCUT2D eigenvalue weighted by molar-refractivity contribution is 0.103. The van der Waals surface area contributed by atoms with Crippen LogP contribution in [-0.4, -0.2) is 15.8 Å². The Bertz CT molecular complexity index is 877. The zero-order valence-electron chi connectivity index (χ0n) is 10.7. The number of ketones is 1. The monoisotopic (exact) mass is 330 g/mol. The summed E-state index contributed by atoms with van der Waals surface area (Å²) < 4.78 is 0.902. The summed E-state index contributed by atoms with van der Waals surface area (Å²) in [5.74, 6) is -0.0623. The van der Waals surface area contributed by atoms with Crippen molar-refractivity contribution < 1.29 is 4.79 Å². The highest BCUT2D eigenvalue weighted by atomic mass is 79.9. The van der Waals surface area contributed by atoms with Gasteiger partial charge in [0.2, 0.25) is 0 Å². The average Bonchev–Trinajstić information content (AvgIpc) is 2.80. The predicted molar refractivity (Wildman–Crippen MR) is 81.2 cm³/mol. The van der Waals surface area contributed by atoms with Crippen molar-refractivity contribution in [2.24, 2.45) is 0 Å². The van der Waals surface area contributed by atoms with E-state index < -0.39 is 0 Å². The van der Waals surface area contributed by atoms with Gasteiger partial charge in [-0.15, -0.1) is 0 Å². The van der Waals surface area contributed by atoms with Crippen molar-refractivity contribution in [3.05, 3.63) is 68.0 Å². The van der Waals surface area contributed by atoms with Crippen LogP contribution in [0, 0.1) is 6.92 Å². The first-order valence-corrected chi connectivity index (χ1v) is 6.87. The van der Waals surface area contributed by atoms with Gasteiger partial charge in [0, 0.05) is 15.6 Å². The largest absolute Gasteiger partial charge is 0.323 e. The van der Waals surface area contributed by atoms with E-state index in [4.69, 9.17) is 0 Å². The molecule has 2 aromatic carbocycles. The summed E-state index contributed by atoms with van der Waals surface area (Å²) in [6.07, 6.45) is 0. The van der Waals surface area contributed by atoms with Gasteiger partial charge in [-0.3, -0.25) is 4.79 Å². The Morgan fingerprint density at radius 3 is 2.65 bits per heavy atom. The van der Waals surface area contributed by atoms with E-state index in [0.717, 1.165) is 10.0 Å². The van der Waals surface area contributed by atoms with Crippen molar-refractivity contribution in [3.63, 3.8) is 0 Å². The van der Waals surface area contributed by atoms with E-state index in [0.29, 0.717) is 22.2 Å². The molecule has 0 aliphatic rings. The van der Waals surface area contributed by atoms with E-state index in [2.05, 4.69) is 25.9 Å². The summed E-state index contributed by atoms with van der Waals surface area (Å²) in [4.78, 5) is 29.1. The van der Waals surface area contributed by atoms with Crippen LogP contribution in [0.4, 0.5) is 0 Å². The molecule has 3 rings (SSSR count). The van der Waals surface area contributed by atoms with Crippen LogP contribution < -0.4 is 5.69 Å². The van der Waals surface area contributed by atoms with Crippen molar-refractivity contribution in [1.29, 1.82) is 0 Å². The van der Waals surface area contributed by atoms with Crippen molar-refractivity contribution in [2.45, 2.75) is 6.92 Å². The number of hydrogen-bond acceptors (Lipinski definition) is 2. The zero-order valence-corrected chi connectivity index (χ0v) is 12.2. The van der Waals surface area contributed by atoms with Crippen LogP contribution in [0.25, 0.3) is 11.0 Å². The van der Waals surface area contributed by atoms with E-state index in [1.165, 1.54) is 0 Å². The number of H-pyrrole nitrogens is 2. The van der Waals surface area contributed by atoms with Gasteiger partial charge < -0.3 is 9.97 Å². The third-order valence-corrected chi connectivity index (χ3v) is 4.15. The molecule has 0 radical (unpaired) electrons. The van der Waals surface area contributed by atoms with Gasteiger partial charge >= 0.3 is 5.69 Å². The lowest BCUT2D eigenvalue weighted by Gasteiger charge is -2.06. The molecule has 4 nitrogen and oxygen atoms in total. The average molecular weight is 331 g/mol. The summed E-state index contributed by atoms with van der Waals surface area (Å²) in [6, 6.07) is 10.7. The number of carbonyl (C=O) groups excluding carboxylic acids is 1. The summed E-state index contributed by atoms with van der Waals surface area (Å²) in [5.41, 5.74) is 3.15. The maximum absolute atomic E-state index is 12.5. The van der Waals surface area contributed by atoms with E-state index >= 15 is 0 Å². The van der Waals surface area contributed by atoms with Crippen LogP contribution in [-0.2, 0) is 0 Å². The molecule has 3 aromatic rings. The Morgan fingerprint density at radius 2 is 1.85 bits per heavy atom. The van der Waals surface area contributed by atoms with Crippen LogP contribution in [0.3, 0.4) is 0 Å². The van der Waals surface area contributed by atoms with Crippen LogP contribution in [0.1, 0.15) is 21.5 Å². The number of hydrogen-bond donors (Lipinski definition) is 2. The Balaban J connectivity index is 2.12. The highest BCUT2D eigenvalue weighted by Crippen LogP contribution is 2.22. The predicted octanol–water partition coefficient (Wildman–Crippen LogP) is 3.16. The Hall–Kier alpha value is -2.14. The highest BCUT2D eigenvalue weighted by molar-refractivity contribution is 9.10. The van der Waals surface area contributed by atoms with Crippen molar-refractivity contribution in [1.82, 2.24) is 9.97 Å². The molecule has 100 valence electrons. The SMILES string of the molecule is Cc1c(Br)cccc1C(=O)c1ccc2[nH]c(=O)[nH]c2c1. The summed E-state index contributed by atoms with van der Waals surface area (Å²) >= 11 is 3.43. The van der Waals surface area contributed by atoms with Crippen molar-refractivity contribution in [3.8, 4) is 0 Å². The molecule has 0 spiro atoms. The Kier molecular flexibility index (Phi) is 3.06. The second-order valence-corrected chi connectivity index (χ2v) is 5.44. The number of fused-ring (bicyclic) bond motifs is 1. The van der Waals surface area contributed by atoms with E-state index in [9.17, 15) is 9.59 Å². The number of rotatable bonds is 2. The molecule has 0 amide bonds. The lowest BCUT2D eigenvalue weighted by Crippen LogP contribution is -2.04. The quantitative estimate of drug-likeness (QED) is 0.709. The Labute approximate surface area is 123 Å². The molecular formula is C15H11BrN2O2. The molecule has 1 heterocycles. The summed E-state index contributed by atoms with van der Waals surface area (Å²) in [6.45, 7) is 1.90. The van der Waals surface area contributed by atoms with E-state index in [1.54, 1.807) is 24.3 Å². The van der Waals surface area contributed by atoms with E-state index in [-0.39, 0.29) is 11.5 Å². The molecule has 0 aliphatic heterocycles. The molecule has 0 saturated heterocycles. The van der Waals surface area contributed by atoms with Crippen LogP contribution in [0.15, 0.2) is 45.7 Å². The number of imidazole rings is 1. The molecule has 2 N–H and O–H groups in total. The normalized spacial score (nSPS) is 10.9. The second kappa shape index (κ2) is 4.76. The highest BCUT2D eigenvalue weighted by Gasteiger charge is 2.14. The molecule has 20 heavy (non-hydrogen) atoms. The zero-order chi connectivity index (χ0) is 14.3. The first kappa shape index (κ1) is 12.9. The van der Waals surface area contributed by atoms with Gasteiger partial charge in [-0.25, -0.2) is 4.79 Å². The van der Waals surface area contributed by atoms with Crippen LogP contribution >= 0.6 is 15.9 Å². The number of aromatic nitrogens is 2. The van der Waals surface area contributed by atoms with Gasteiger partial charge in [-0.05, 0) is 36.8 Å². The fourth-order valence-electron chi connectivity index (χ4n) is 2.18. The topological polar surface area (TPSA) is 65.7 Å². The third-order valence-electron chi connectivity index (χ3n) is 3.29. The molecule has 0 fully saturated rings. The summed E-state index contributed by atoms with van der Waals surface area (Å²) in [5, 5.41) is 0. The molecule has 0 bridgehead atoms. The smallest absolute Gasteiger partial charge is 0.306 e. The number of aromatic amines is 2. The van der Waals surface area contributed by atoms with Gasteiger partial charge in [-0.2, -0.15) is 0 Å². The van der Waals surface area contributed by atoms with Crippen LogP contribution in [0.2, 0.25) is 0 Å². The number of nitrogens with one attached hydrogen (secondary N) is 2. The minimum absolute atomic E-state index is 0.0623. The lowest BCUT2D eigenvalue weighted by atomic mass is 9.99. The standard InChI is InChI=1S/C15H11BrN2O2/c1-8-10(3-2-4-11(8)16)14(19)9-5-6-12-13(7-9)18-15(20)17-12/h2-7H,1H3,(H2,17,18,20). The van der Waals surface area contributed by atoms with Gasteiger partial charge in [0.1, 0.15) is 0 Å².